The third-order valence-corrected chi connectivity index (χ3v) is 3.89. The van der Waals surface area contributed by atoms with Crippen LogP contribution in [0.5, 0.6) is 0 Å². The van der Waals surface area contributed by atoms with Gasteiger partial charge in [-0.05, 0) is 37.3 Å². The second-order valence-corrected chi connectivity index (χ2v) is 5.98. The van der Waals surface area contributed by atoms with Crippen LogP contribution in [0.4, 0.5) is 20.6 Å². The number of benzene rings is 2. The van der Waals surface area contributed by atoms with Gasteiger partial charge >= 0.3 is 6.03 Å². The largest absolute Gasteiger partial charge is 0.323 e. The van der Waals surface area contributed by atoms with Crippen molar-refractivity contribution in [3.05, 3.63) is 64.7 Å². The molecule has 0 aliphatic rings. The van der Waals surface area contributed by atoms with Crippen LogP contribution in [0, 0.1) is 12.7 Å². The lowest BCUT2D eigenvalue weighted by Gasteiger charge is -2.08. The molecule has 1 aromatic heterocycles. The van der Waals surface area contributed by atoms with Crippen LogP contribution in [0.25, 0.3) is 11.3 Å². The molecule has 3 rings (SSSR count). The van der Waals surface area contributed by atoms with Crippen molar-refractivity contribution in [2.75, 3.05) is 10.6 Å². The predicted molar refractivity (Wildman–Crippen MR) is 91.3 cm³/mol. The second kappa shape index (κ2) is 6.58. The van der Waals surface area contributed by atoms with Crippen LogP contribution < -0.4 is 10.6 Å². The summed E-state index contributed by atoms with van der Waals surface area (Å²) in [6.07, 6.45) is 0. The van der Waals surface area contributed by atoms with E-state index >= 15 is 0 Å². The number of hydrogen-bond acceptors (Lipinski definition) is 3. The second-order valence-electron chi connectivity index (χ2n) is 4.92. The normalized spacial score (nSPS) is 10.3. The molecule has 0 saturated heterocycles. The third-order valence-electron chi connectivity index (χ3n) is 3.12. The Morgan fingerprint density at radius 2 is 1.78 bits per heavy atom. The van der Waals surface area contributed by atoms with Crippen LogP contribution in [0.1, 0.15) is 5.01 Å². The highest BCUT2D eigenvalue weighted by molar-refractivity contribution is 7.09. The van der Waals surface area contributed by atoms with E-state index in [0.717, 1.165) is 16.3 Å². The molecule has 2 amide bonds. The van der Waals surface area contributed by atoms with Crippen molar-refractivity contribution in [1.29, 1.82) is 0 Å². The molecule has 0 bridgehead atoms. The Balaban J connectivity index is 1.71. The van der Waals surface area contributed by atoms with Gasteiger partial charge in [0, 0.05) is 22.3 Å². The first-order chi connectivity index (χ1) is 11.1. The van der Waals surface area contributed by atoms with E-state index in [1.165, 1.54) is 18.2 Å². The average Bonchev–Trinajstić information content (AvgIpc) is 2.94. The number of halogens is 1. The van der Waals surface area contributed by atoms with Crippen molar-refractivity contribution in [3.63, 3.8) is 0 Å². The summed E-state index contributed by atoms with van der Waals surface area (Å²) in [7, 11) is 0. The highest BCUT2D eigenvalue weighted by atomic mass is 32.1. The first-order valence-corrected chi connectivity index (χ1v) is 7.84. The van der Waals surface area contributed by atoms with Crippen molar-refractivity contribution in [2.24, 2.45) is 0 Å². The minimum Gasteiger partial charge on any atom is -0.308 e. The minimum atomic E-state index is -0.429. The van der Waals surface area contributed by atoms with Crippen LogP contribution in [0.15, 0.2) is 53.9 Å². The highest BCUT2D eigenvalue weighted by Crippen LogP contribution is 2.24. The molecule has 0 spiro atoms. The molecule has 23 heavy (non-hydrogen) atoms. The van der Waals surface area contributed by atoms with Gasteiger partial charge in [-0.1, -0.05) is 18.2 Å². The highest BCUT2D eigenvalue weighted by Gasteiger charge is 2.06. The first-order valence-electron chi connectivity index (χ1n) is 6.96. The predicted octanol–water partition coefficient (Wildman–Crippen LogP) is 4.90. The molecule has 0 saturated carbocycles. The summed E-state index contributed by atoms with van der Waals surface area (Å²) in [5.41, 5.74) is 2.84. The van der Waals surface area contributed by atoms with Crippen molar-refractivity contribution < 1.29 is 9.18 Å². The molecule has 0 radical (unpaired) electrons. The number of thiazole rings is 1. The summed E-state index contributed by atoms with van der Waals surface area (Å²) in [5, 5.41) is 8.28. The molecule has 116 valence electrons. The maximum absolute atomic E-state index is 13.1. The standard InChI is InChI=1S/C17H14FN3OS/c1-11-19-16(10-23-11)12-4-2-6-14(8-12)20-17(22)21-15-7-3-5-13(18)9-15/h2-10H,1H3,(H2,20,21,22). The Morgan fingerprint density at radius 3 is 2.43 bits per heavy atom. The van der Waals surface area contributed by atoms with Crippen LogP contribution in [-0.2, 0) is 0 Å². The van der Waals surface area contributed by atoms with Crippen LogP contribution >= 0.6 is 11.3 Å². The van der Waals surface area contributed by atoms with Gasteiger partial charge in [0.25, 0.3) is 0 Å². The number of hydrogen-bond donors (Lipinski definition) is 2. The summed E-state index contributed by atoms with van der Waals surface area (Å²) < 4.78 is 13.1. The van der Waals surface area contributed by atoms with Crippen LogP contribution in [0.2, 0.25) is 0 Å². The lowest BCUT2D eigenvalue weighted by atomic mass is 10.1. The Kier molecular flexibility index (Phi) is 4.34. The number of aryl methyl sites for hydroxylation is 1. The molecule has 4 nitrogen and oxygen atoms in total. The Morgan fingerprint density at radius 1 is 1.09 bits per heavy atom. The molecule has 3 aromatic rings. The van der Waals surface area contributed by atoms with E-state index in [1.54, 1.807) is 23.5 Å². The van der Waals surface area contributed by atoms with Gasteiger partial charge in [0.1, 0.15) is 5.82 Å². The molecule has 0 aliphatic carbocycles. The number of aromatic nitrogens is 1. The van der Waals surface area contributed by atoms with E-state index in [0.29, 0.717) is 11.4 Å². The number of carbonyl (C=O) groups excluding carboxylic acids is 1. The van der Waals surface area contributed by atoms with Gasteiger partial charge in [-0.3, -0.25) is 0 Å². The topological polar surface area (TPSA) is 54.0 Å². The molecule has 1 heterocycles. The van der Waals surface area contributed by atoms with Crippen LogP contribution in [0.3, 0.4) is 0 Å². The molecule has 2 N–H and O–H groups in total. The van der Waals surface area contributed by atoms with Gasteiger partial charge in [0.05, 0.1) is 10.7 Å². The number of anilines is 2. The molecular weight excluding hydrogens is 313 g/mol. The smallest absolute Gasteiger partial charge is 0.308 e. The number of nitrogens with one attached hydrogen (secondary N) is 2. The number of rotatable bonds is 3. The molecule has 0 fully saturated rings. The maximum Gasteiger partial charge on any atom is 0.323 e. The Hall–Kier alpha value is -2.73. The van der Waals surface area contributed by atoms with E-state index in [9.17, 15) is 9.18 Å². The maximum atomic E-state index is 13.1. The van der Waals surface area contributed by atoms with Gasteiger partial charge in [-0.2, -0.15) is 0 Å². The minimum absolute atomic E-state index is 0.397. The van der Waals surface area contributed by atoms with Crippen molar-refractivity contribution in [1.82, 2.24) is 4.98 Å². The average molecular weight is 327 g/mol. The fourth-order valence-electron chi connectivity index (χ4n) is 2.11. The fraction of sp³-hybridized carbons (Fsp3) is 0.0588. The van der Waals surface area contributed by atoms with Crippen molar-refractivity contribution >= 4 is 28.7 Å². The summed E-state index contributed by atoms with van der Waals surface area (Å²) in [4.78, 5) is 16.4. The van der Waals surface area contributed by atoms with E-state index < -0.39 is 11.8 Å². The van der Waals surface area contributed by atoms with Gasteiger partial charge < -0.3 is 10.6 Å². The first kappa shape index (κ1) is 15.2. The molecule has 0 atom stereocenters. The number of carbonyl (C=O) groups is 1. The zero-order valence-electron chi connectivity index (χ0n) is 12.3. The lowest BCUT2D eigenvalue weighted by molar-refractivity contribution is 0.262. The summed E-state index contributed by atoms with van der Waals surface area (Å²) >= 11 is 1.58. The van der Waals surface area contributed by atoms with Gasteiger partial charge in [0.15, 0.2) is 0 Å². The van der Waals surface area contributed by atoms with Gasteiger partial charge in [0.2, 0.25) is 0 Å². The zero-order valence-corrected chi connectivity index (χ0v) is 13.2. The van der Waals surface area contributed by atoms with Gasteiger partial charge in [-0.25, -0.2) is 14.2 Å². The molecule has 0 aliphatic heterocycles. The van der Waals surface area contributed by atoms with Gasteiger partial charge in [-0.15, -0.1) is 11.3 Å². The SMILES string of the molecule is Cc1nc(-c2cccc(NC(=O)Nc3cccc(F)c3)c2)cs1. The van der Waals surface area contributed by atoms with E-state index in [-0.39, 0.29) is 0 Å². The summed E-state index contributed by atoms with van der Waals surface area (Å²) in [5.74, 6) is -0.399. The Bertz CT molecular complexity index is 847. The van der Waals surface area contributed by atoms with Crippen molar-refractivity contribution in [3.8, 4) is 11.3 Å². The summed E-state index contributed by atoms with van der Waals surface area (Å²) in [6.45, 7) is 1.95. The number of amides is 2. The van der Waals surface area contributed by atoms with E-state index in [2.05, 4.69) is 15.6 Å². The number of urea groups is 1. The van der Waals surface area contributed by atoms with Crippen LogP contribution in [-0.4, -0.2) is 11.0 Å². The molecule has 6 heteroatoms. The third kappa shape index (κ3) is 3.92. The lowest BCUT2D eigenvalue weighted by Crippen LogP contribution is -2.19. The Labute approximate surface area is 137 Å². The van der Waals surface area contributed by atoms with Crippen molar-refractivity contribution in [2.45, 2.75) is 6.92 Å². The number of nitrogens with zero attached hydrogens (tertiary/aromatic N) is 1. The summed E-state index contributed by atoms with van der Waals surface area (Å²) in [6, 6.07) is 12.7. The fourth-order valence-corrected chi connectivity index (χ4v) is 2.73. The monoisotopic (exact) mass is 327 g/mol. The quantitative estimate of drug-likeness (QED) is 0.719. The molecule has 0 unspecified atom stereocenters. The van der Waals surface area contributed by atoms with E-state index in [1.807, 2.05) is 30.5 Å². The van der Waals surface area contributed by atoms with E-state index in [4.69, 9.17) is 0 Å². The zero-order chi connectivity index (χ0) is 16.2. The molecule has 2 aromatic carbocycles. The molecular formula is C17H14FN3OS.